The van der Waals surface area contributed by atoms with Crippen LogP contribution in [0.5, 0.6) is 0 Å². The van der Waals surface area contributed by atoms with Gasteiger partial charge in [-0.25, -0.2) is 0 Å². The van der Waals surface area contributed by atoms with Gasteiger partial charge in [0.2, 0.25) is 0 Å². The first-order chi connectivity index (χ1) is 9.65. The van der Waals surface area contributed by atoms with Crippen molar-refractivity contribution < 1.29 is 4.52 Å². The monoisotopic (exact) mass is 328 g/mol. The van der Waals surface area contributed by atoms with E-state index in [1.54, 1.807) is 0 Å². The molecule has 0 unspecified atom stereocenters. The number of anilines is 1. The van der Waals surface area contributed by atoms with Crippen LogP contribution in [0.25, 0.3) is 22.5 Å². The van der Waals surface area contributed by atoms with Gasteiger partial charge >= 0.3 is 0 Å². The van der Waals surface area contributed by atoms with Gasteiger partial charge in [0.15, 0.2) is 11.6 Å². The molecule has 0 atom stereocenters. The van der Waals surface area contributed by atoms with E-state index in [9.17, 15) is 0 Å². The summed E-state index contributed by atoms with van der Waals surface area (Å²) in [5.41, 5.74) is 9.97. The zero-order valence-electron chi connectivity index (χ0n) is 10.9. The van der Waals surface area contributed by atoms with Gasteiger partial charge in [-0.1, -0.05) is 50.9 Å². The van der Waals surface area contributed by atoms with Gasteiger partial charge < -0.3 is 10.3 Å². The van der Waals surface area contributed by atoms with E-state index in [1.165, 1.54) is 5.56 Å². The summed E-state index contributed by atoms with van der Waals surface area (Å²) in [7, 11) is 0. The summed E-state index contributed by atoms with van der Waals surface area (Å²) in [6.07, 6.45) is 0. The maximum atomic E-state index is 5.96. The Hall–Kier alpha value is -2.07. The first-order valence-electron chi connectivity index (χ1n) is 6.23. The van der Waals surface area contributed by atoms with Crippen molar-refractivity contribution in [2.45, 2.75) is 6.92 Å². The van der Waals surface area contributed by atoms with Gasteiger partial charge in [-0.05, 0) is 36.8 Å². The minimum atomic E-state index is 0.409. The number of aromatic nitrogens is 1. The van der Waals surface area contributed by atoms with E-state index < -0.39 is 0 Å². The Kier molecular flexibility index (Phi) is 3.32. The van der Waals surface area contributed by atoms with Crippen LogP contribution in [0.15, 0.2) is 57.5 Å². The number of hydrogen-bond acceptors (Lipinski definition) is 3. The summed E-state index contributed by atoms with van der Waals surface area (Å²) in [5, 5.41) is 3.91. The van der Waals surface area contributed by atoms with Gasteiger partial charge in [-0.15, -0.1) is 0 Å². The second-order valence-electron chi connectivity index (χ2n) is 4.64. The number of aryl methyl sites for hydroxylation is 1. The van der Waals surface area contributed by atoms with E-state index in [1.807, 2.05) is 48.5 Å². The molecule has 4 heteroatoms. The van der Waals surface area contributed by atoms with Crippen molar-refractivity contribution in [1.82, 2.24) is 5.16 Å². The van der Waals surface area contributed by atoms with Crippen LogP contribution in [-0.2, 0) is 0 Å². The van der Waals surface area contributed by atoms with Gasteiger partial charge in [-0.3, -0.25) is 0 Å². The molecule has 20 heavy (non-hydrogen) atoms. The summed E-state index contributed by atoms with van der Waals surface area (Å²) in [5.74, 6) is 1.10. The third-order valence-corrected chi connectivity index (χ3v) is 3.69. The highest BCUT2D eigenvalue weighted by atomic mass is 79.9. The highest BCUT2D eigenvalue weighted by Gasteiger charge is 2.17. The first kappa shape index (κ1) is 12.9. The molecule has 0 bridgehead atoms. The number of halogens is 1. The smallest absolute Gasteiger partial charge is 0.176 e. The number of hydrogen-bond donors (Lipinski definition) is 1. The first-order valence-corrected chi connectivity index (χ1v) is 7.02. The fraction of sp³-hybridized carbons (Fsp3) is 0.0625. The third kappa shape index (κ3) is 2.34. The standard InChI is InChI=1S/C16H13BrN2O/c1-10-2-4-11(5-3-10)14-15(20-19-16(14)18)12-6-8-13(17)9-7-12/h2-9H,1H3,(H2,18,19). The molecule has 1 aromatic heterocycles. The third-order valence-electron chi connectivity index (χ3n) is 3.17. The minimum absolute atomic E-state index is 0.409. The molecular formula is C16H13BrN2O. The van der Waals surface area contributed by atoms with E-state index in [0.717, 1.165) is 21.2 Å². The normalized spacial score (nSPS) is 10.7. The van der Waals surface area contributed by atoms with Crippen molar-refractivity contribution in [3.05, 3.63) is 58.6 Å². The maximum absolute atomic E-state index is 5.96. The molecule has 3 aromatic rings. The molecule has 0 radical (unpaired) electrons. The minimum Gasteiger partial charge on any atom is -0.380 e. The largest absolute Gasteiger partial charge is 0.380 e. The molecule has 2 N–H and O–H groups in total. The van der Waals surface area contributed by atoms with Crippen LogP contribution in [0.1, 0.15) is 5.56 Å². The van der Waals surface area contributed by atoms with Crippen LogP contribution >= 0.6 is 15.9 Å². The van der Waals surface area contributed by atoms with Gasteiger partial charge in [0.25, 0.3) is 0 Å². The molecule has 1 heterocycles. The summed E-state index contributed by atoms with van der Waals surface area (Å²) < 4.78 is 6.43. The highest BCUT2D eigenvalue weighted by Crippen LogP contribution is 2.36. The zero-order valence-corrected chi connectivity index (χ0v) is 12.5. The van der Waals surface area contributed by atoms with Crippen molar-refractivity contribution in [1.29, 1.82) is 0 Å². The molecule has 0 spiro atoms. The Morgan fingerprint density at radius 1 is 0.950 bits per heavy atom. The summed E-state index contributed by atoms with van der Waals surface area (Å²) in [6.45, 7) is 2.05. The summed E-state index contributed by atoms with van der Waals surface area (Å²) in [6, 6.07) is 16.0. The van der Waals surface area contributed by atoms with E-state index in [2.05, 4.69) is 28.0 Å². The molecule has 0 aliphatic rings. The van der Waals surface area contributed by atoms with Gasteiger partial charge in [0.1, 0.15) is 0 Å². The fourth-order valence-electron chi connectivity index (χ4n) is 2.10. The van der Waals surface area contributed by atoms with Crippen molar-refractivity contribution in [2.75, 3.05) is 5.73 Å². The molecule has 3 rings (SSSR count). The lowest BCUT2D eigenvalue weighted by molar-refractivity contribution is 0.436. The average molecular weight is 329 g/mol. The summed E-state index contributed by atoms with van der Waals surface area (Å²) in [4.78, 5) is 0. The number of benzene rings is 2. The molecule has 0 amide bonds. The summed E-state index contributed by atoms with van der Waals surface area (Å²) >= 11 is 3.42. The second kappa shape index (κ2) is 5.13. The lowest BCUT2D eigenvalue weighted by atomic mass is 10.0. The topological polar surface area (TPSA) is 52.0 Å². The Labute approximate surface area is 125 Å². The maximum Gasteiger partial charge on any atom is 0.176 e. The molecule has 0 saturated heterocycles. The predicted molar refractivity (Wildman–Crippen MR) is 84.2 cm³/mol. The molecule has 0 fully saturated rings. The van der Waals surface area contributed by atoms with Gasteiger partial charge in [-0.2, -0.15) is 0 Å². The van der Waals surface area contributed by atoms with Crippen LogP contribution < -0.4 is 5.73 Å². The SMILES string of the molecule is Cc1ccc(-c2c(N)noc2-c2ccc(Br)cc2)cc1. The van der Waals surface area contributed by atoms with E-state index >= 15 is 0 Å². The van der Waals surface area contributed by atoms with Crippen LogP contribution in [-0.4, -0.2) is 5.16 Å². The Balaban J connectivity index is 2.14. The van der Waals surface area contributed by atoms with Crippen molar-refractivity contribution in [3.8, 4) is 22.5 Å². The molecule has 0 aliphatic carbocycles. The Bertz CT molecular complexity index is 730. The average Bonchev–Trinajstić information content (AvgIpc) is 2.83. The van der Waals surface area contributed by atoms with Crippen molar-refractivity contribution in [3.63, 3.8) is 0 Å². The van der Waals surface area contributed by atoms with Crippen LogP contribution in [0, 0.1) is 6.92 Å². The molecule has 100 valence electrons. The fourth-order valence-corrected chi connectivity index (χ4v) is 2.36. The van der Waals surface area contributed by atoms with Crippen molar-refractivity contribution in [2.24, 2.45) is 0 Å². The van der Waals surface area contributed by atoms with E-state index in [-0.39, 0.29) is 0 Å². The molecule has 0 aliphatic heterocycles. The van der Waals surface area contributed by atoms with Crippen LogP contribution in [0.4, 0.5) is 5.82 Å². The van der Waals surface area contributed by atoms with E-state index in [0.29, 0.717) is 11.6 Å². The second-order valence-corrected chi connectivity index (χ2v) is 5.56. The van der Waals surface area contributed by atoms with Gasteiger partial charge in [0, 0.05) is 10.0 Å². The quantitative estimate of drug-likeness (QED) is 0.744. The predicted octanol–water partition coefficient (Wildman–Crippen LogP) is 4.66. The highest BCUT2D eigenvalue weighted by molar-refractivity contribution is 9.10. The number of nitrogens with zero attached hydrogens (tertiary/aromatic N) is 1. The Morgan fingerprint density at radius 2 is 1.55 bits per heavy atom. The number of rotatable bonds is 2. The lowest BCUT2D eigenvalue weighted by Crippen LogP contribution is -1.89. The Morgan fingerprint density at radius 3 is 2.20 bits per heavy atom. The lowest BCUT2D eigenvalue weighted by Gasteiger charge is -2.03. The number of nitrogens with two attached hydrogens (primary N) is 1. The zero-order chi connectivity index (χ0) is 14.1. The van der Waals surface area contributed by atoms with Crippen molar-refractivity contribution >= 4 is 21.7 Å². The number of nitrogen functional groups attached to an aromatic ring is 1. The van der Waals surface area contributed by atoms with Gasteiger partial charge in [0.05, 0.1) is 5.56 Å². The molecule has 3 nitrogen and oxygen atoms in total. The molecule has 0 saturated carbocycles. The van der Waals surface area contributed by atoms with E-state index in [4.69, 9.17) is 10.3 Å². The van der Waals surface area contributed by atoms with Crippen LogP contribution in [0.2, 0.25) is 0 Å². The van der Waals surface area contributed by atoms with Crippen LogP contribution in [0.3, 0.4) is 0 Å². The molecule has 2 aromatic carbocycles. The molecular weight excluding hydrogens is 316 g/mol.